The molecular formula is C32H62N4O8+2. The fourth-order valence-corrected chi connectivity index (χ4v) is 3.39. The monoisotopic (exact) mass is 630 g/mol. The van der Waals surface area contributed by atoms with Crippen molar-refractivity contribution in [2.75, 3.05) is 0 Å². The van der Waals surface area contributed by atoms with Gasteiger partial charge in [0.25, 0.3) is 12.9 Å². The van der Waals surface area contributed by atoms with Crippen LogP contribution >= 0.6 is 0 Å². The predicted molar refractivity (Wildman–Crippen MR) is 171 cm³/mol. The van der Waals surface area contributed by atoms with Gasteiger partial charge in [0, 0.05) is 12.8 Å². The molecule has 12 heteroatoms. The molecule has 0 aliphatic rings. The summed E-state index contributed by atoms with van der Waals surface area (Å²) in [5.41, 5.74) is 0. The molecule has 0 saturated carbocycles. The summed E-state index contributed by atoms with van der Waals surface area (Å²) >= 11 is 0. The molecule has 0 aliphatic heterocycles. The van der Waals surface area contributed by atoms with E-state index in [4.69, 9.17) is 30.0 Å². The number of carboxylic acids is 2. The molecule has 256 valence electrons. The van der Waals surface area contributed by atoms with E-state index in [9.17, 15) is 9.59 Å². The molecule has 0 bridgehead atoms. The largest absolute Gasteiger partial charge is 0.483 e. The van der Waals surface area contributed by atoms with Crippen LogP contribution in [0.3, 0.4) is 0 Å². The van der Waals surface area contributed by atoms with E-state index >= 15 is 0 Å². The summed E-state index contributed by atoms with van der Waals surface area (Å²) in [6.45, 7) is 16.6. The second kappa shape index (κ2) is 39.3. The quantitative estimate of drug-likeness (QED) is 0.101. The molecule has 0 unspecified atom stereocenters. The SMILES string of the molecule is CCCCCCCC(=O)O.CCCCCCCC(=O)O.CCn1cc[n+](CC)c1.CCn1cc[n+](CC)c1.O=CO.O=CO. The van der Waals surface area contributed by atoms with E-state index in [1.807, 2.05) is 0 Å². The molecule has 2 aromatic heterocycles. The minimum atomic E-state index is -0.670. The Morgan fingerprint density at radius 3 is 1.07 bits per heavy atom. The maximum Gasteiger partial charge on any atom is 0.303 e. The highest BCUT2D eigenvalue weighted by atomic mass is 16.4. The summed E-state index contributed by atoms with van der Waals surface area (Å²) in [5, 5.41) is 30.3. The molecule has 0 amide bonds. The number of aryl methyl sites for hydroxylation is 4. The molecule has 2 rings (SSSR count). The first kappa shape index (κ1) is 47.2. The number of carboxylic acid groups (broad SMARTS) is 4. The molecule has 0 aromatic carbocycles. The van der Waals surface area contributed by atoms with Crippen molar-refractivity contribution in [3.63, 3.8) is 0 Å². The van der Waals surface area contributed by atoms with Crippen molar-refractivity contribution in [1.82, 2.24) is 9.13 Å². The molecule has 0 aliphatic carbocycles. The van der Waals surface area contributed by atoms with Crippen molar-refractivity contribution >= 4 is 24.9 Å². The van der Waals surface area contributed by atoms with Crippen molar-refractivity contribution in [3.8, 4) is 0 Å². The van der Waals surface area contributed by atoms with Gasteiger partial charge in [0.1, 0.15) is 24.8 Å². The van der Waals surface area contributed by atoms with Crippen molar-refractivity contribution in [3.05, 3.63) is 37.4 Å². The topological polar surface area (TPSA) is 167 Å². The van der Waals surface area contributed by atoms with Crippen LogP contribution in [0.15, 0.2) is 37.4 Å². The van der Waals surface area contributed by atoms with Crippen LogP contribution in [-0.4, -0.2) is 54.4 Å². The standard InChI is InChI=1S/2C8H16O2.2C7H13N2.2CH2O2/c2*1-2-3-4-5-6-7-8(9)10;2*1-3-8-5-6-9(4-2)7-8;2*2-1-3/h2*2-7H2,1H3,(H,9,10);2*5-7H,3-4H2,1-2H3;2*1H,(H,2,3)/q;;2*+1;;. The Labute approximate surface area is 265 Å². The molecule has 12 nitrogen and oxygen atoms in total. The molecule has 0 radical (unpaired) electrons. The van der Waals surface area contributed by atoms with Crippen LogP contribution in [0.25, 0.3) is 0 Å². The van der Waals surface area contributed by atoms with E-state index in [1.165, 1.54) is 38.5 Å². The first-order valence-corrected chi connectivity index (χ1v) is 15.8. The van der Waals surface area contributed by atoms with Crippen LogP contribution in [0.5, 0.6) is 0 Å². The number of aliphatic carboxylic acids is 2. The van der Waals surface area contributed by atoms with Gasteiger partial charge in [0.2, 0.25) is 12.7 Å². The fraction of sp³-hybridized carbons (Fsp3) is 0.688. The lowest BCUT2D eigenvalue weighted by molar-refractivity contribution is -0.693. The molecule has 4 N–H and O–H groups in total. The Hall–Kier alpha value is -3.70. The molecular weight excluding hydrogens is 568 g/mol. The number of imidazole rings is 2. The third kappa shape index (κ3) is 40.4. The molecule has 0 saturated heterocycles. The zero-order valence-electron chi connectivity index (χ0n) is 28.1. The lowest BCUT2D eigenvalue weighted by Crippen LogP contribution is -2.28. The van der Waals surface area contributed by atoms with Crippen LogP contribution in [0.1, 0.15) is 119 Å². The van der Waals surface area contributed by atoms with Gasteiger partial charge in [-0.2, -0.15) is 0 Å². The Kier molecular flexibility index (Phi) is 42.2. The number of rotatable bonds is 16. The maximum atomic E-state index is 10.0. The Morgan fingerprint density at radius 2 is 0.886 bits per heavy atom. The second-order valence-electron chi connectivity index (χ2n) is 9.48. The number of unbranched alkanes of at least 4 members (excludes halogenated alkanes) is 8. The zero-order valence-corrected chi connectivity index (χ0v) is 28.1. The van der Waals surface area contributed by atoms with Gasteiger partial charge in [-0.1, -0.05) is 65.2 Å². The second-order valence-corrected chi connectivity index (χ2v) is 9.48. The number of nitrogens with zero attached hydrogens (tertiary/aromatic N) is 4. The molecule has 0 spiro atoms. The van der Waals surface area contributed by atoms with Gasteiger partial charge in [0.05, 0.1) is 26.2 Å². The van der Waals surface area contributed by atoms with Gasteiger partial charge in [-0.15, -0.1) is 0 Å². The van der Waals surface area contributed by atoms with Crippen molar-refractivity contribution in [1.29, 1.82) is 0 Å². The highest BCUT2D eigenvalue weighted by molar-refractivity contribution is 5.66. The van der Waals surface area contributed by atoms with Crippen molar-refractivity contribution in [2.24, 2.45) is 0 Å². The Morgan fingerprint density at radius 1 is 0.591 bits per heavy atom. The number of aromatic nitrogens is 4. The van der Waals surface area contributed by atoms with Crippen LogP contribution in [-0.2, 0) is 45.4 Å². The zero-order chi connectivity index (χ0) is 34.4. The molecule has 0 atom stereocenters. The van der Waals surface area contributed by atoms with Gasteiger partial charge >= 0.3 is 11.9 Å². The van der Waals surface area contributed by atoms with Crippen LogP contribution in [0, 0.1) is 0 Å². The summed E-state index contributed by atoms with van der Waals surface area (Å²) in [6.07, 6.45) is 24.3. The van der Waals surface area contributed by atoms with Crippen LogP contribution in [0.4, 0.5) is 0 Å². The maximum absolute atomic E-state index is 10.0. The first-order valence-electron chi connectivity index (χ1n) is 15.8. The lowest BCUT2D eigenvalue weighted by Gasteiger charge is -1.95. The van der Waals surface area contributed by atoms with E-state index in [1.54, 1.807) is 0 Å². The van der Waals surface area contributed by atoms with E-state index in [2.05, 4.69) is 97.3 Å². The van der Waals surface area contributed by atoms with Gasteiger partial charge in [-0.3, -0.25) is 19.2 Å². The predicted octanol–water partition coefficient (Wildman–Crippen LogP) is 5.90. The van der Waals surface area contributed by atoms with Crippen molar-refractivity contribution < 1.29 is 48.7 Å². The first-order chi connectivity index (χ1) is 21.1. The summed E-state index contributed by atoms with van der Waals surface area (Å²) in [6, 6.07) is 0. The normalized spacial score (nSPS) is 9.05. The van der Waals surface area contributed by atoms with E-state index in [0.717, 1.165) is 51.9 Å². The van der Waals surface area contributed by atoms with Crippen LogP contribution < -0.4 is 9.13 Å². The average Bonchev–Trinajstić information content (AvgIpc) is 3.68. The minimum Gasteiger partial charge on any atom is -0.483 e. The molecule has 2 aromatic rings. The summed E-state index contributed by atoms with van der Waals surface area (Å²) in [5.74, 6) is -1.34. The highest BCUT2D eigenvalue weighted by Gasteiger charge is 1.97. The van der Waals surface area contributed by atoms with Gasteiger partial charge in [0.15, 0.2) is 0 Å². The highest BCUT2D eigenvalue weighted by Crippen LogP contribution is 2.05. The van der Waals surface area contributed by atoms with E-state index in [0.29, 0.717) is 12.8 Å². The smallest absolute Gasteiger partial charge is 0.303 e. The fourth-order valence-electron chi connectivity index (χ4n) is 3.39. The summed E-state index contributed by atoms with van der Waals surface area (Å²) in [4.78, 5) is 36.8. The van der Waals surface area contributed by atoms with Crippen molar-refractivity contribution in [2.45, 2.75) is 145 Å². The molecule has 44 heavy (non-hydrogen) atoms. The van der Waals surface area contributed by atoms with E-state index < -0.39 is 11.9 Å². The number of hydrogen-bond donors (Lipinski definition) is 4. The van der Waals surface area contributed by atoms with Gasteiger partial charge in [-0.25, -0.2) is 18.3 Å². The number of hydrogen-bond acceptors (Lipinski definition) is 4. The number of carbonyl (C=O) groups is 4. The molecule has 2 heterocycles. The van der Waals surface area contributed by atoms with E-state index in [-0.39, 0.29) is 12.9 Å². The summed E-state index contributed by atoms with van der Waals surface area (Å²) < 4.78 is 8.62. The average molecular weight is 631 g/mol. The van der Waals surface area contributed by atoms with Gasteiger partial charge < -0.3 is 20.4 Å². The Balaban J connectivity index is -0.000000228. The van der Waals surface area contributed by atoms with Gasteiger partial charge in [-0.05, 0) is 40.5 Å². The summed E-state index contributed by atoms with van der Waals surface area (Å²) in [7, 11) is 0. The third-order valence-electron chi connectivity index (χ3n) is 5.94. The lowest BCUT2D eigenvalue weighted by atomic mass is 10.1. The molecule has 0 fully saturated rings. The Bertz CT molecular complexity index is 791. The van der Waals surface area contributed by atoms with Crippen LogP contribution in [0.2, 0.25) is 0 Å². The third-order valence-corrected chi connectivity index (χ3v) is 5.94. The minimum absolute atomic E-state index is 0.250.